The maximum atomic E-state index is 11.9. The molecule has 1 aliphatic carbocycles. The molecule has 2 aliphatic rings. The molecule has 2 amide bonds. The first kappa shape index (κ1) is 13.9. The quantitative estimate of drug-likeness (QED) is 0.799. The maximum absolute atomic E-state index is 11.9. The van der Waals surface area contributed by atoms with Crippen LogP contribution in [0.3, 0.4) is 0 Å². The summed E-state index contributed by atoms with van der Waals surface area (Å²) in [6.07, 6.45) is 4.38. The van der Waals surface area contributed by atoms with Gasteiger partial charge in [0, 0.05) is 12.2 Å². The monoisotopic (exact) mass is 285 g/mol. The predicted molar refractivity (Wildman–Crippen MR) is 78.8 cm³/mol. The number of amides is 2. The number of hydrogen-bond donors (Lipinski definition) is 0. The normalized spacial score (nSPS) is 20.5. The molecule has 0 N–H and O–H groups in total. The third-order valence-corrected chi connectivity index (χ3v) is 3.90. The molecule has 1 aromatic rings. The summed E-state index contributed by atoms with van der Waals surface area (Å²) in [6.45, 7) is 4.86. The van der Waals surface area contributed by atoms with E-state index >= 15 is 0 Å². The van der Waals surface area contributed by atoms with Crippen LogP contribution in [0, 0.1) is 5.92 Å². The fourth-order valence-electron chi connectivity index (χ4n) is 2.90. The molecule has 4 heteroatoms. The van der Waals surface area contributed by atoms with Crippen LogP contribution in [0.2, 0.25) is 0 Å². The fraction of sp³-hybridized carbons (Fsp3) is 0.412. The summed E-state index contributed by atoms with van der Waals surface area (Å²) in [7, 11) is 0. The van der Waals surface area contributed by atoms with Crippen molar-refractivity contribution in [3.63, 3.8) is 0 Å². The average Bonchev–Trinajstić information content (AvgIpc) is 3.00. The Bertz CT molecular complexity index is 600. The zero-order valence-electron chi connectivity index (χ0n) is 12.3. The number of fused-ring (bicyclic) bond motifs is 1. The summed E-state index contributed by atoms with van der Waals surface area (Å²) in [5.41, 5.74) is 2.24. The summed E-state index contributed by atoms with van der Waals surface area (Å²) in [4.78, 5) is 25.1. The van der Waals surface area contributed by atoms with Crippen molar-refractivity contribution in [2.45, 2.75) is 32.7 Å². The minimum Gasteiger partial charge on any atom is -0.493 e. The molecule has 1 heterocycles. The van der Waals surface area contributed by atoms with E-state index < -0.39 is 0 Å². The van der Waals surface area contributed by atoms with Crippen molar-refractivity contribution < 1.29 is 14.3 Å². The lowest BCUT2D eigenvalue weighted by Gasteiger charge is -2.23. The van der Waals surface area contributed by atoms with Gasteiger partial charge in [0.1, 0.15) is 5.75 Å². The highest BCUT2D eigenvalue weighted by atomic mass is 16.5. The van der Waals surface area contributed by atoms with Crippen LogP contribution in [0.15, 0.2) is 30.4 Å². The topological polar surface area (TPSA) is 46.6 Å². The molecule has 0 bridgehead atoms. The summed E-state index contributed by atoms with van der Waals surface area (Å²) < 4.78 is 5.75. The highest BCUT2D eigenvalue weighted by Gasteiger charge is 2.36. The van der Waals surface area contributed by atoms with Crippen LogP contribution < -0.4 is 4.74 Å². The Morgan fingerprint density at radius 1 is 1.24 bits per heavy atom. The van der Waals surface area contributed by atoms with Gasteiger partial charge in [-0.2, -0.15) is 0 Å². The Balaban J connectivity index is 1.85. The Labute approximate surface area is 124 Å². The number of benzene rings is 1. The van der Waals surface area contributed by atoms with Crippen LogP contribution in [0.4, 0.5) is 0 Å². The van der Waals surface area contributed by atoms with Crippen molar-refractivity contribution >= 4 is 11.8 Å². The number of ether oxygens (including phenoxy) is 1. The van der Waals surface area contributed by atoms with Gasteiger partial charge in [-0.1, -0.05) is 19.9 Å². The van der Waals surface area contributed by atoms with E-state index in [-0.39, 0.29) is 17.9 Å². The Hall–Kier alpha value is -2.10. The molecule has 3 rings (SSSR count). The molecule has 0 spiro atoms. The summed E-state index contributed by atoms with van der Waals surface area (Å²) in [6, 6.07) is 5.84. The van der Waals surface area contributed by atoms with Gasteiger partial charge in [-0.15, -0.1) is 0 Å². The molecule has 1 atom stereocenters. The molecular weight excluding hydrogens is 266 g/mol. The van der Waals surface area contributed by atoms with Gasteiger partial charge in [0.25, 0.3) is 11.8 Å². The van der Waals surface area contributed by atoms with E-state index in [1.54, 1.807) is 0 Å². The molecule has 0 unspecified atom stereocenters. The first-order valence-electron chi connectivity index (χ1n) is 7.37. The van der Waals surface area contributed by atoms with Crippen molar-refractivity contribution in [3.8, 4) is 5.75 Å². The smallest absolute Gasteiger partial charge is 0.254 e. The van der Waals surface area contributed by atoms with Crippen LogP contribution in [0.25, 0.3) is 0 Å². The molecular formula is C17H19NO3. The third kappa shape index (κ3) is 2.58. The Kier molecular flexibility index (Phi) is 3.53. The lowest BCUT2D eigenvalue weighted by molar-refractivity contribution is -0.139. The highest BCUT2D eigenvalue weighted by molar-refractivity contribution is 6.13. The lowest BCUT2D eigenvalue weighted by atomic mass is 10.1. The van der Waals surface area contributed by atoms with E-state index in [9.17, 15) is 9.59 Å². The maximum Gasteiger partial charge on any atom is 0.254 e. The van der Waals surface area contributed by atoms with Gasteiger partial charge < -0.3 is 4.74 Å². The van der Waals surface area contributed by atoms with Gasteiger partial charge in [-0.25, -0.2) is 0 Å². The van der Waals surface area contributed by atoms with Crippen molar-refractivity contribution in [1.29, 1.82) is 0 Å². The number of nitrogens with zero attached hydrogens (tertiary/aromatic N) is 1. The summed E-state index contributed by atoms with van der Waals surface area (Å²) in [5, 5.41) is 0. The second-order valence-corrected chi connectivity index (χ2v) is 6.00. The van der Waals surface area contributed by atoms with Crippen LogP contribution in [-0.4, -0.2) is 23.3 Å². The molecule has 0 aromatic heterocycles. The van der Waals surface area contributed by atoms with E-state index in [4.69, 9.17) is 4.74 Å². The fourth-order valence-corrected chi connectivity index (χ4v) is 2.90. The summed E-state index contributed by atoms with van der Waals surface area (Å²) >= 11 is 0. The second-order valence-electron chi connectivity index (χ2n) is 6.00. The molecule has 1 aliphatic heterocycles. The van der Waals surface area contributed by atoms with Crippen LogP contribution in [0.5, 0.6) is 5.75 Å². The first-order valence-corrected chi connectivity index (χ1v) is 7.37. The zero-order chi connectivity index (χ0) is 15.0. The first-order chi connectivity index (χ1) is 10.1. The van der Waals surface area contributed by atoms with Gasteiger partial charge >= 0.3 is 0 Å². The van der Waals surface area contributed by atoms with Crippen molar-refractivity contribution in [2.24, 2.45) is 5.92 Å². The standard InChI is InChI=1S/C17H19NO3/c1-11(2)10-21-13-5-3-12-4-6-15(14(12)9-13)18-16(19)7-8-17(18)20/h3,5,7-9,11,15H,4,6,10H2,1-2H3/t15-/m0/s1. The van der Waals surface area contributed by atoms with Crippen molar-refractivity contribution in [3.05, 3.63) is 41.5 Å². The zero-order valence-corrected chi connectivity index (χ0v) is 12.3. The average molecular weight is 285 g/mol. The molecule has 1 aromatic carbocycles. The lowest BCUT2D eigenvalue weighted by Crippen LogP contribution is -2.33. The summed E-state index contributed by atoms with van der Waals surface area (Å²) in [5.74, 6) is 0.832. The molecule has 0 fully saturated rings. The van der Waals surface area contributed by atoms with E-state index in [2.05, 4.69) is 13.8 Å². The number of rotatable bonds is 4. The number of carbonyl (C=O) groups is 2. The highest BCUT2D eigenvalue weighted by Crippen LogP contribution is 2.39. The van der Waals surface area contributed by atoms with Gasteiger partial charge in [0.15, 0.2) is 0 Å². The molecule has 0 saturated heterocycles. The van der Waals surface area contributed by atoms with E-state index in [1.807, 2.05) is 18.2 Å². The van der Waals surface area contributed by atoms with Gasteiger partial charge in [0.05, 0.1) is 12.6 Å². The third-order valence-electron chi connectivity index (χ3n) is 3.90. The van der Waals surface area contributed by atoms with Crippen molar-refractivity contribution in [1.82, 2.24) is 4.90 Å². The molecule has 0 saturated carbocycles. The molecule has 4 nitrogen and oxygen atoms in total. The Morgan fingerprint density at radius 2 is 1.95 bits per heavy atom. The van der Waals surface area contributed by atoms with Crippen molar-refractivity contribution in [2.75, 3.05) is 6.61 Å². The van der Waals surface area contributed by atoms with Gasteiger partial charge in [0.2, 0.25) is 0 Å². The predicted octanol–water partition coefficient (Wildman–Crippen LogP) is 2.63. The van der Waals surface area contributed by atoms with E-state index in [0.29, 0.717) is 12.5 Å². The molecule has 21 heavy (non-hydrogen) atoms. The van der Waals surface area contributed by atoms with Gasteiger partial charge in [-0.3, -0.25) is 14.5 Å². The minimum absolute atomic E-state index is 0.155. The number of imide groups is 1. The van der Waals surface area contributed by atoms with Crippen LogP contribution in [0.1, 0.15) is 37.4 Å². The number of carbonyl (C=O) groups excluding carboxylic acids is 2. The molecule has 110 valence electrons. The van der Waals surface area contributed by atoms with Gasteiger partial charge in [-0.05, 0) is 42.0 Å². The van der Waals surface area contributed by atoms with E-state index in [0.717, 1.165) is 24.2 Å². The SMILES string of the molecule is CC(C)COc1ccc2c(c1)[C@@H](N1C(=O)C=CC1=O)CC2. The largest absolute Gasteiger partial charge is 0.493 e. The number of hydrogen-bond acceptors (Lipinski definition) is 3. The van der Waals surface area contributed by atoms with E-state index in [1.165, 1.54) is 22.6 Å². The number of aryl methyl sites for hydroxylation is 1. The van der Waals surface area contributed by atoms with Crippen LogP contribution >= 0.6 is 0 Å². The van der Waals surface area contributed by atoms with Crippen LogP contribution in [-0.2, 0) is 16.0 Å². The molecule has 0 radical (unpaired) electrons. The second kappa shape index (κ2) is 5.35. The Morgan fingerprint density at radius 3 is 2.62 bits per heavy atom. The minimum atomic E-state index is -0.216.